The quantitative estimate of drug-likeness (QED) is 0.692. The zero-order chi connectivity index (χ0) is 12.7. The summed E-state index contributed by atoms with van der Waals surface area (Å²) in [6, 6.07) is 17.5. The zero-order valence-corrected chi connectivity index (χ0v) is 11.8. The molecule has 4 rings (SSSR count). The van der Waals surface area contributed by atoms with Gasteiger partial charge in [0, 0.05) is 24.8 Å². The van der Waals surface area contributed by atoms with E-state index < -0.39 is 0 Å². The molecule has 1 radical (unpaired) electrons. The Kier molecular flexibility index (Phi) is 3.70. The van der Waals surface area contributed by atoms with E-state index >= 15 is 0 Å². The summed E-state index contributed by atoms with van der Waals surface area (Å²) < 4.78 is 0. The zero-order valence-electron chi connectivity index (χ0n) is 11.8. The summed E-state index contributed by atoms with van der Waals surface area (Å²) in [4.78, 5) is 0. The van der Waals surface area contributed by atoms with Crippen molar-refractivity contribution in [2.24, 2.45) is 0 Å². The summed E-state index contributed by atoms with van der Waals surface area (Å²) in [7, 11) is 0. The van der Waals surface area contributed by atoms with E-state index in [1.165, 1.54) is 22.3 Å². The van der Waals surface area contributed by atoms with Crippen molar-refractivity contribution in [2.75, 3.05) is 0 Å². The second-order valence-corrected chi connectivity index (χ2v) is 5.48. The monoisotopic (exact) mass is 251 g/mol. The topological polar surface area (TPSA) is 0 Å². The van der Waals surface area contributed by atoms with Crippen LogP contribution in [0, 0.1) is 0 Å². The van der Waals surface area contributed by atoms with Gasteiger partial charge in [0.2, 0.25) is 0 Å². The largest absolute Gasteiger partial charge is 0.0761 e. The molecule has 2 aromatic carbocycles. The van der Waals surface area contributed by atoms with Gasteiger partial charge in [-0.25, -0.2) is 0 Å². The molecule has 1 atom stereocenters. The molecular formula is C19H16Li. The maximum Gasteiger partial charge on any atom is 0.00646 e. The first kappa shape index (κ1) is 13.5. The first-order valence-corrected chi connectivity index (χ1v) is 6.94. The average Bonchev–Trinajstić information content (AvgIpc) is 3.03. The van der Waals surface area contributed by atoms with E-state index in [2.05, 4.69) is 66.8 Å². The fourth-order valence-corrected chi connectivity index (χ4v) is 3.27. The van der Waals surface area contributed by atoms with Crippen molar-refractivity contribution < 1.29 is 0 Å². The molecule has 2 aliphatic rings. The second kappa shape index (κ2) is 5.49. The molecule has 0 aromatic heterocycles. The minimum absolute atomic E-state index is 0. The van der Waals surface area contributed by atoms with Crippen molar-refractivity contribution in [3.8, 4) is 0 Å². The standard InChI is InChI=1S/C19H16.Li/c1-2-7-17-12-14(11-16(17)6-1)13-18-10-9-15-5-3-4-8-19(15)18;/h1-11,18H,12-13H2;. The molecule has 20 heavy (non-hydrogen) atoms. The molecule has 0 amide bonds. The number of benzene rings is 2. The Hall–Kier alpha value is -1.48. The second-order valence-electron chi connectivity index (χ2n) is 5.48. The van der Waals surface area contributed by atoms with Gasteiger partial charge in [-0.2, -0.15) is 0 Å². The van der Waals surface area contributed by atoms with Crippen LogP contribution in [-0.4, -0.2) is 18.9 Å². The molecule has 0 heterocycles. The molecular weight excluding hydrogens is 235 g/mol. The van der Waals surface area contributed by atoms with Gasteiger partial charge in [-0.05, 0) is 35.1 Å². The van der Waals surface area contributed by atoms with Gasteiger partial charge in [0.25, 0.3) is 0 Å². The average molecular weight is 251 g/mol. The van der Waals surface area contributed by atoms with E-state index in [0.29, 0.717) is 5.92 Å². The SMILES string of the molecule is C1=CC(CC2=Cc3ccccc3C2)c2ccccc21.[Li]. The first-order valence-electron chi connectivity index (χ1n) is 6.94. The molecule has 0 aliphatic heterocycles. The van der Waals surface area contributed by atoms with Gasteiger partial charge in [-0.1, -0.05) is 72.3 Å². The van der Waals surface area contributed by atoms with E-state index in [1.54, 1.807) is 5.57 Å². The van der Waals surface area contributed by atoms with Gasteiger partial charge in [0.05, 0.1) is 0 Å². The Morgan fingerprint density at radius 2 is 1.65 bits per heavy atom. The summed E-state index contributed by atoms with van der Waals surface area (Å²) in [6.45, 7) is 0. The van der Waals surface area contributed by atoms with Gasteiger partial charge in [-0.15, -0.1) is 0 Å². The third-order valence-electron chi connectivity index (χ3n) is 4.22. The van der Waals surface area contributed by atoms with Crippen molar-refractivity contribution in [1.29, 1.82) is 0 Å². The van der Waals surface area contributed by atoms with Crippen molar-refractivity contribution in [2.45, 2.75) is 18.8 Å². The third-order valence-corrected chi connectivity index (χ3v) is 4.22. The van der Waals surface area contributed by atoms with Crippen molar-refractivity contribution in [3.63, 3.8) is 0 Å². The number of fused-ring (bicyclic) bond motifs is 2. The Balaban J connectivity index is 0.00000121. The van der Waals surface area contributed by atoms with Gasteiger partial charge in [-0.3, -0.25) is 0 Å². The van der Waals surface area contributed by atoms with E-state index in [4.69, 9.17) is 0 Å². The molecule has 93 valence electrons. The molecule has 2 aliphatic carbocycles. The van der Waals surface area contributed by atoms with Crippen LogP contribution < -0.4 is 0 Å². The fourth-order valence-electron chi connectivity index (χ4n) is 3.27. The molecule has 0 bridgehead atoms. The molecule has 0 nitrogen and oxygen atoms in total. The molecule has 0 spiro atoms. The predicted octanol–water partition coefficient (Wildman–Crippen LogP) is 4.45. The van der Waals surface area contributed by atoms with Crippen LogP contribution in [-0.2, 0) is 6.42 Å². The normalized spacial score (nSPS) is 18.2. The van der Waals surface area contributed by atoms with Gasteiger partial charge >= 0.3 is 0 Å². The molecule has 0 fully saturated rings. The maximum absolute atomic E-state index is 2.38. The van der Waals surface area contributed by atoms with Crippen molar-refractivity contribution >= 4 is 31.0 Å². The van der Waals surface area contributed by atoms with E-state index in [-0.39, 0.29) is 18.9 Å². The summed E-state index contributed by atoms with van der Waals surface area (Å²) in [5, 5.41) is 0. The Labute approximate surface area is 132 Å². The summed E-state index contributed by atoms with van der Waals surface area (Å²) in [6.07, 6.45) is 9.28. The number of allylic oxidation sites excluding steroid dienone is 2. The van der Waals surface area contributed by atoms with Crippen LogP contribution in [0.15, 0.2) is 60.2 Å². The smallest absolute Gasteiger partial charge is 0.00646 e. The van der Waals surface area contributed by atoms with Crippen LogP contribution in [0.2, 0.25) is 0 Å². The number of hydrogen-bond acceptors (Lipinski definition) is 0. The van der Waals surface area contributed by atoms with E-state index in [1.807, 2.05) is 0 Å². The molecule has 0 saturated heterocycles. The van der Waals surface area contributed by atoms with Crippen LogP contribution in [0.4, 0.5) is 0 Å². The van der Waals surface area contributed by atoms with Gasteiger partial charge < -0.3 is 0 Å². The van der Waals surface area contributed by atoms with Crippen LogP contribution in [0.3, 0.4) is 0 Å². The van der Waals surface area contributed by atoms with Crippen LogP contribution in [0.5, 0.6) is 0 Å². The molecule has 0 saturated carbocycles. The summed E-state index contributed by atoms with van der Waals surface area (Å²) >= 11 is 0. The summed E-state index contributed by atoms with van der Waals surface area (Å²) in [5.74, 6) is 0.566. The van der Waals surface area contributed by atoms with Gasteiger partial charge in [0.1, 0.15) is 0 Å². The predicted molar refractivity (Wildman–Crippen MR) is 86.7 cm³/mol. The van der Waals surface area contributed by atoms with Crippen LogP contribution in [0.1, 0.15) is 34.6 Å². The van der Waals surface area contributed by atoms with Crippen LogP contribution >= 0.6 is 0 Å². The number of hydrogen-bond donors (Lipinski definition) is 0. The Morgan fingerprint density at radius 3 is 2.50 bits per heavy atom. The van der Waals surface area contributed by atoms with Crippen molar-refractivity contribution in [1.82, 2.24) is 0 Å². The van der Waals surface area contributed by atoms with Crippen LogP contribution in [0.25, 0.3) is 12.2 Å². The molecule has 2 aromatic rings. The third kappa shape index (κ3) is 2.31. The first-order chi connectivity index (χ1) is 9.40. The maximum atomic E-state index is 2.38. The number of rotatable bonds is 2. The Bertz CT molecular complexity index is 694. The molecule has 0 N–H and O–H groups in total. The minimum atomic E-state index is 0. The van der Waals surface area contributed by atoms with Gasteiger partial charge in [0.15, 0.2) is 0 Å². The molecule has 1 unspecified atom stereocenters. The fraction of sp³-hybridized carbons (Fsp3) is 0.158. The molecule has 1 heteroatoms. The van der Waals surface area contributed by atoms with E-state index in [9.17, 15) is 0 Å². The Morgan fingerprint density at radius 1 is 0.900 bits per heavy atom. The summed E-state index contributed by atoms with van der Waals surface area (Å²) in [5.41, 5.74) is 7.33. The van der Waals surface area contributed by atoms with E-state index in [0.717, 1.165) is 12.8 Å². The minimum Gasteiger partial charge on any atom is -0.0761 e. The van der Waals surface area contributed by atoms with Crippen molar-refractivity contribution in [3.05, 3.63) is 82.4 Å².